The quantitative estimate of drug-likeness (QED) is 0.735. The highest BCUT2D eigenvalue weighted by Crippen LogP contribution is 2.39. The molecule has 2 aromatic rings. The Bertz CT molecular complexity index is 1150. The fourth-order valence-electron chi connectivity index (χ4n) is 4.49. The van der Waals surface area contributed by atoms with Gasteiger partial charge in [0.2, 0.25) is 10.0 Å². The SMILES string of the molecule is CCCS(=O)(=O)Nc1ccc(=O)n2c1[C@H]1C[C@@H](CN(C(=O)Nc3ccc(F)cc3)C1)C2. The number of halogens is 1. The first kappa shape index (κ1) is 21.4. The average Bonchev–Trinajstić information content (AvgIpc) is 2.71. The molecule has 2 N–H and O–H groups in total. The van der Waals surface area contributed by atoms with E-state index in [1.807, 2.05) is 0 Å². The van der Waals surface area contributed by atoms with Crippen molar-refractivity contribution in [3.05, 3.63) is 58.3 Å². The molecule has 2 atom stereocenters. The van der Waals surface area contributed by atoms with E-state index in [2.05, 4.69) is 10.0 Å². The molecule has 1 aromatic carbocycles. The zero-order chi connectivity index (χ0) is 22.2. The third-order valence-corrected chi connectivity index (χ3v) is 7.19. The number of sulfonamides is 1. The van der Waals surface area contributed by atoms with Gasteiger partial charge in [-0.3, -0.25) is 9.52 Å². The molecule has 1 fully saturated rings. The average molecular weight is 449 g/mol. The molecule has 0 radical (unpaired) electrons. The third kappa shape index (κ3) is 4.58. The van der Waals surface area contributed by atoms with Gasteiger partial charge >= 0.3 is 6.03 Å². The highest BCUT2D eigenvalue weighted by molar-refractivity contribution is 7.92. The lowest BCUT2D eigenvalue weighted by Gasteiger charge is -2.43. The second kappa shape index (κ2) is 8.33. The van der Waals surface area contributed by atoms with Crippen LogP contribution in [0.15, 0.2) is 41.2 Å². The molecule has 8 nitrogen and oxygen atoms in total. The van der Waals surface area contributed by atoms with E-state index in [1.165, 1.54) is 36.4 Å². The Balaban J connectivity index is 1.59. The van der Waals surface area contributed by atoms with Crippen LogP contribution in [-0.2, 0) is 16.6 Å². The normalized spacial score (nSPS) is 20.1. The molecule has 31 heavy (non-hydrogen) atoms. The minimum absolute atomic E-state index is 0.00887. The summed E-state index contributed by atoms with van der Waals surface area (Å²) in [4.78, 5) is 27.0. The van der Waals surface area contributed by atoms with Gasteiger partial charge in [-0.2, -0.15) is 0 Å². The van der Waals surface area contributed by atoms with Crippen LogP contribution in [0, 0.1) is 11.7 Å². The molecule has 1 saturated heterocycles. The number of hydrogen-bond donors (Lipinski definition) is 2. The minimum atomic E-state index is -3.52. The Labute approximate surface area is 180 Å². The van der Waals surface area contributed by atoms with Gasteiger partial charge in [-0.15, -0.1) is 0 Å². The Morgan fingerprint density at radius 2 is 1.87 bits per heavy atom. The molecular weight excluding hydrogens is 423 g/mol. The summed E-state index contributed by atoms with van der Waals surface area (Å²) >= 11 is 0. The van der Waals surface area contributed by atoms with Crippen molar-refractivity contribution < 1.29 is 17.6 Å². The third-order valence-electron chi connectivity index (χ3n) is 5.71. The molecule has 2 aliphatic heterocycles. The zero-order valence-corrected chi connectivity index (χ0v) is 18.0. The summed E-state index contributed by atoms with van der Waals surface area (Å²) in [6.45, 7) is 3.05. The van der Waals surface area contributed by atoms with Crippen LogP contribution in [-0.4, -0.2) is 42.8 Å². The second-order valence-corrected chi connectivity index (χ2v) is 9.98. The number of pyridine rings is 1. The van der Waals surface area contributed by atoms with Gasteiger partial charge in [0.1, 0.15) is 5.82 Å². The topological polar surface area (TPSA) is 101 Å². The van der Waals surface area contributed by atoms with Crippen molar-refractivity contribution in [3.63, 3.8) is 0 Å². The molecule has 4 rings (SSSR count). The largest absolute Gasteiger partial charge is 0.324 e. The van der Waals surface area contributed by atoms with Gasteiger partial charge in [0, 0.05) is 37.3 Å². The summed E-state index contributed by atoms with van der Waals surface area (Å²) in [6, 6.07) is 8.13. The number of carbonyl (C=O) groups excluding carboxylic acids is 1. The van der Waals surface area contributed by atoms with Crippen LogP contribution < -0.4 is 15.6 Å². The van der Waals surface area contributed by atoms with Crippen LogP contribution in [0.5, 0.6) is 0 Å². The van der Waals surface area contributed by atoms with Crippen LogP contribution in [0.2, 0.25) is 0 Å². The van der Waals surface area contributed by atoms with E-state index in [-0.39, 0.29) is 35.0 Å². The number of carbonyl (C=O) groups is 1. The van der Waals surface area contributed by atoms with Crippen LogP contribution in [0.4, 0.5) is 20.6 Å². The van der Waals surface area contributed by atoms with Crippen molar-refractivity contribution in [1.82, 2.24) is 9.47 Å². The van der Waals surface area contributed by atoms with Gasteiger partial charge in [-0.25, -0.2) is 17.6 Å². The molecule has 0 aliphatic carbocycles. The summed E-state index contributed by atoms with van der Waals surface area (Å²) < 4.78 is 42.1. The van der Waals surface area contributed by atoms with E-state index < -0.39 is 10.0 Å². The van der Waals surface area contributed by atoms with Crippen molar-refractivity contribution in [2.24, 2.45) is 5.92 Å². The Hall–Kier alpha value is -2.88. The number of nitrogens with zero attached hydrogens (tertiary/aromatic N) is 2. The number of anilines is 2. The Kier molecular flexibility index (Phi) is 5.74. The molecule has 3 heterocycles. The van der Waals surface area contributed by atoms with Crippen molar-refractivity contribution in [2.75, 3.05) is 28.9 Å². The smallest absolute Gasteiger partial charge is 0.321 e. The molecule has 2 amide bonds. The van der Waals surface area contributed by atoms with Crippen LogP contribution >= 0.6 is 0 Å². The molecule has 2 bridgehead atoms. The van der Waals surface area contributed by atoms with Gasteiger partial charge < -0.3 is 14.8 Å². The molecule has 166 valence electrons. The second-order valence-electron chi connectivity index (χ2n) is 8.14. The highest BCUT2D eigenvalue weighted by atomic mass is 32.2. The summed E-state index contributed by atoms with van der Waals surface area (Å²) in [7, 11) is -3.52. The summed E-state index contributed by atoms with van der Waals surface area (Å²) in [5.41, 5.74) is 1.35. The number of urea groups is 1. The molecule has 0 saturated carbocycles. The molecular formula is C21H25FN4O4S. The number of nitrogens with one attached hydrogen (secondary N) is 2. The predicted molar refractivity (Wildman–Crippen MR) is 116 cm³/mol. The van der Waals surface area contributed by atoms with Gasteiger partial charge in [0.25, 0.3) is 5.56 Å². The Morgan fingerprint density at radius 3 is 2.58 bits per heavy atom. The first-order valence-corrected chi connectivity index (χ1v) is 12.0. The minimum Gasteiger partial charge on any atom is -0.324 e. The fourth-order valence-corrected chi connectivity index (χ4v) is 5.64. The molecule has 1 aromatic heterocycles. The van der Waals surface area contributed by atoms with E-state index >= 15 is 0 Å². The van der Waals surface area contributed by atoms with Crippen molar-refractivity contribution >= 4 is 27.4 Å². The van der Waals surface area contributed by atoms with E-state index in [0.717, 1.165) is 6.42 Å². The summed E-state index contributed by atoms with van der Waals surface area (Å²) in [5.74, 6) is -0.471. The number of hydrogen-bond acceptors (Lipinski definition) is 4. The van der Waals surface area contributed by atoms with E-state index in [9.17, 15) is 22.4 Å². The Morgan fingerprint density at radius 1 is 1.13 bits per heavy atom. The first-order chi connectivity index (χ1) is 14.8. The number of aromatic nitrogens is 1. The standard InChI is InChI=1S/C21H25FN4O4S/c1-2-9-31(29,30)24-18-7-8-19(27)26-12-14-10-15(20(18)26)13-25(11-14)21(28)23-17-5-3-16(22)4-6-17/h3-8,14-15,24H,2,9-13H2,1H3,(H,23,28)/t14-,15-/m0/s1. The predicted octanol–water partition coefficient (Wildman–Crippen LogP) is 2.79. The monoisotopic (exact) mass is 448 g/mol. The maximum Gasteiger partial charge on any atom is 0.321 e. The lowest BCUT2D eigenvalue weighted by Crippen LogP contribution is -2.50. The van der Waals surface area contributed by atoms with Gasteiger partial charge in [0.15, 0.2) is 0 Å². The number of fused-ring (bicyclic) bond motifs is 4. The lowest BCUT2D eigenvalue weighted by atomic mass is 9.82. The summed E-state index contributed by atoms with van der Waals surface area (Å²) in [6.07, 6.45) is 1.25. The number of rotatable bonds is 5. The van der Waals surface area contributed by atoms with Crippen LogP contribution in [0.1, 0.15) is 31.4 Å². The molecule has 0 unspecified atom stereocenters. The molecule has 2 aliphatic rings. The maximum atomic E-state index is 13.1. The fraction of sp³-hybridized carbons (Fsp3) is 0.429. The lowest BCUT2D eigenvalue weighted by molar-refractivity contribution is 0.140. The molecule has 10 heteroatoms. The zero-order valence-electron chi connectivity index (χ0n) is 17.2. The molecule has 0 spiro atoms. The van der Waals surface area contributed by atoms with Crippen molar-refractivity contribution in [1.29, 1.82) is 0 Å². The van der Waals surface area contributed by atoms with Crippen LogP contribution in [0.25, 0.3) is 0 Å². The first-order valence-electron chi connectivity index (χ1n) is 10.3. The van der Waals surface area contributed by atoms with Crippen molar-refractivity contribution in [3.8, 4) is 0 Å². The maximum absolute atomic E-state index is 13.1. The summed E-state index contributed by atoms with van der Waals surface area (Å²) in [5, 5.41) is 2.77. The number of likely N-dealkylation sites (tertiary alicyclic amines) is 1. The van der Waals surface area contributed by atoms with Crippen LogP contribution in [0.3, 0.4) is 0 Å². The number of benzene rings is 1. The van der Waals surface area contributed by atoms with Gasteiger partial charge in [-0.05, 0) is 49.1 Å². The number of piperidine rings is 1. The van der Waals surface area contributed by atoms with E-state index in [4.69, 9.17) is 0 Å². The highest BCUT2D eigenvalue weighted by Gasteiger charge is 2.38. The van der Waals surface area contributed by atoms with Crippen molar-refractivity contribution in [2.45, 2.75) is 32.2 Å². The van der Waals surface area contributed by atoms with Gasteiger partial charge in [-0.1, -0.05) is 6.92 Å². The van der Waals surface area contributed by atoms with E-state index in [1.54, 1.807) is 16.4 Å². The number of amides is 2. The van der Waals surface area contributed by atoms with Gasteiger partial charge in [0.05, 0.1) is 17.1 Å². The van der Waals surface area contributed by atoms with E-state index in [0.29, 0.717) is 43.1 Å².